The van der Waals surface area contributed by atoms with Crippen molar-refractivity contribution in [2.45, 2.75) is 39.3 Å². The molecular weight excluding hydrogens is 259 g/mol. The van der Waals surface area contributed by atoms with E-state index >= 15 is 0 Å². The zero-order valence-corrected chi connectivity index (χ0v) is 12.0. The molecule has 0 aromatic heterocycles. The van der Waals surface area contributed by atoms with Crippen LogP contribution < -0.4 is 0 Å². The van der Waals surface area contributed by atoms with Crippen molar-refractivity contribution in [3.63, 3.8) is 0 Å². The van der Waals surface area contributed by atoms with Crippen LogP contribution in [0, 0.1) is 17.1 Å². The van der Waals surface area contributed by atoms with Crippen LogP contribution in [0.3, 0.4) is 0 Å². The van der Waals surface area contributed by atoms with Crippen LogP contribution in [0.1, 0.15) is 38.3 Å². The molecule has 0 heterocycles. The van der Waals surface area contributed by atoms with Gasteiger partial charge in [0.05, 0.1) is 12.0 Å². The highest BCUT2D eigenvalue weighted by molar-refractivity contribution is 5.66. The summed E-state index contributed by atoms with van der Waals surface area (Å²) >= 11 is 0. The van der Waals surface area contributed by atoms with Crippen LogP contribution >= 0.6 is 0 Å². The molecule has 0 fully saturated rings. The lowest BCUT2D eigenvalue weighted by molar-refractivity contribution is -0.137. The lowest BCUT2D eigenvalue weighted by Crippen LogP contribution is -2.42. The monoisotopic (exact) mass is 278 g/mol. The standard InChI is InChI=1S/C15H19FN2O2/c1-15(2,3)18(7-6-14(19)20)10-11-4-5-13(16)12(8-11)9-17/h4-5,8H,6-7,10H2,1-3H3,(H,19,20). The van der Waals surface area contributed by atoms with Crippen LogP contribution in [0.4, 0.5) is 4.39 Å². The fourth-order valence-corrected chi connectivity index (χ4v) is 1.86. The maximum absolute atomic E-state index is 13.3. The number of benzene rings is 1. The minimum absolute atomic E-state index is 0.00888. The van der Waals surface area contributed by atoms with E-state index in [2.05, 4.69) is 0 Å². The number of rotatable bonds is 5. The van der Waals surface area contributed by atoms with Gasteiger partial charge in [-0.05, 0) is 38.5 Å². The summed E-state index contributed by atoms with van der Waals surface area (Å²) in [6, 6.07) is 6.21. The second-order valence-corrected chi connectivity index (χ2v) is 5.66. The second-order valence-electron chi connectivity index (χ2n) is 5.66. The van der Waals surface area contributed by atoms with Crippen LogP contribution in [0.2, 0.25) is 0 Å². The molecule has 1 rings (SSSR count). The normalized spacial score (nSPS) is 11.4. The maximum atomic E-state index is 13.3. The van der Waals surface area contributed by atoms with E-state index in [1.54, 1.807) is 6.07 Å². The first-order valence-corrected chi connectivity index (χ1v) is 6.39. The first kappa shape index (κ1) is 16.1. The molecular formula is C15H19FN2O2. The van der Waals surface area contributed by atoms with Crippen LogP contribution in [0.15, 0.2) is 18.2 Å². The summed E-state index contributed by atoms with van der Waals surface area (Å²) in [5.41, 5.74) is 0.592. The zero-order valence-electron chi connectivity index (χ0n) is 12.0. The highest BCUT2D eigenvalue weighted by atomic mass is 19.1. The first-order valence-electron chi connectivity index (χ1n) is 6.39. The lowest BCUT2D eigenvalue weighted by Gasteiger charge is -2.35. The summed E-state index contributed by atoms with van der Waals surface area (Å²) < 4.78 is 13.3. The minimum Gasteiger partial charge on any atom is -0.481 e. The van der Waals surface area contributed by atoms with E-state index < -0.39 is 11.8 Å². The molecule has 0 amide bonds. The number of carboxylic acids is 1. The van der Waals surface area contributed by atoms with Crippen molar-refractivity contribution in [3.8, 4) is 6.07 Å². The molecule has 0 atom stereocenters. The number of nitriles is 1. The molecule has 0 aliphatic carbocycles. The number of aliphatic carboxylic acids is 1. The van der Waals surface area contributed by atoms with E-state index in [-0.39, 0.29) is 17.5 Å². The molecule has 1 aromatic rings. The van der Waals surface area contributed by atoms with Gasteiger partial charge in [0.25, 0.3) is 0 Å². The Balaban J connectivity index is 2.90. The summed E-state index contributed by atoms with van der Waals surface area (Å²) in [5.74, 6) is -1.39. The van der Waals surface area contributed by atoms with E-state index in [1.807, 2.05) is 31.7 Å². The summed E-state index contributed by atoms with van der Waals surface area (Å²) in [7, 11) is 0. The Morgan fingerprint density at radius 2 is 2.10 bits per heavy atom. The topological polar surface area (TPSA) is 64.3 Å². The molecule has 0 radical (unpaired) electrons. The van der Waals surface area contributed by atoms with Crippen molar-refractivity contribution in [1.29, 1.82) is 5.26 Å². The predicted octanol–water partition coefficient (Wildman–Crippen LogP) is 2.77. The van der Waals surface area contributed by atoms with Crippen molar-refractivity contribution in [3.05, 3.63) is 35.1 Å². The molecule has 20 heavy (non-hydrogen) atoms. The van der Waals surface area contributed by atoms with E-state index in [9.17, 15) is 9.18 Å². The fourth-order valence-electron chi connectivity index (χ4n) is 1.86. The highest BCUT2D eigenvalue weighted by Gasteiger charge is 2.22. The number of nitrogens with zero attached hydrogens (tertiary/aromatic N) is 2. The fraction of sp³-hybridized carbons (Fsp3) is 0.467. The minimum atomic E-state index is -0.851. The summed E-state index contributed by atoms with van der Waals surface area (Å²) in [4.78, 5) is 12.7. The number of hydrogen-bond donors (Lipinski definition) is 1. The van der Waals surface area contributed by atoms with E-state index in [1.165, 1.54) is 12.1 Å². The molecule has 0 bridgehead atoms. The molecule has 1 aromatic carbocycles. The van der Waals surface area contributed by atoms with Gasteiger partial charge in [-0.15, -0.1) is 0 Å². The molecule has 4 nitrogen and oxygen atoms in total. The van der Waals surface area contributed by atoms with Crippen LogP contribution in [0.5, 0.6) is 0 Å². The van der Waals surface area contributed by atoms with Crippen molar-refractivity contribution < 1.29 is 14.3 Å². The zero-order chi connectivity index (χ0) is 15.3. The van der Waals surface area contributed by atoms with Gasteiger partial charge >= 0.3 is 5.97 Å². The van der Waals surface area contributed by atoms with Gasteiger partial charge in [-0.1, -0.05) is 6.07 Å². The van der Waals surface area contributed by atoms with Gasteiger partial charge in [0.2, 0.25) is 0 Å². The Kier molecular flexibility index (Phi) is 5.23. The Bertz CT molecular complexity index is 530. The van der Waals surface area contributed by atoms with Gasteiger partial charge in [-0.25, -0.2) is 4.39 Å². The molecule has 0 saturated carbocycles. The van der Waals surface area contributed by atoms with Gasteiger partial charge in [-0.2, -0.15) is 5.26 Å². The van der Waals surface area contributed by atoms with Crippen molar-refractivity contribution in [2.75, 3.05) is 6.54 Å². The summed E-state index contributed by atoms with van der Waals surface area (Å²) in [6.07, 6.45) is 0.0452. The van der Waals surface area contributed by atoms with Gasteiger partial charge in [0.1, 0.15) is 11.9 Å². The number of hydrogen-bond acceptors (Lipinski definition) is 3. The molecule has 0 unspecified atom stereocenters. The van der Waals surface area contributed by atoms with Crippen molar-refractivity contribution >= 4 is 5.97 Å². The van der Waals surface area contributed by atoms with Crippen LogP contribution in [-0.2, 0) is 11.3 Å². The second kappa shape index (κ2) is 6.49. The smallest absolute Gasteiger partial charge is 0.304 e. The van der Waals surface area contributed by atoms with Crippen molar-refractivity contribution in [2.24, 2.45) is 0 Å². The lowest BCUT2D eigenvalue weighted by atomic mass is 10.0. The van der Waals surface area contributed by atoms with Gasteiger partial charge < -0.3 is 5.11 Å². The number of carboxylic acid groups (broad SMARTS) is 1. The average molecular weight is 278 g/mol. The molecule has 0 spiro atoms. The number of carbonyl (C=O) groups is 1. The van der Waals surface area contributed by atoms with Crippen molar-refractivity contribution in [1.82, 2.24) is 4.90 Å². The molecule has 1 N–H and O–H groups in total. The molecule has 5 heteroatoms. The Hall–Kier alpha value is -1.93. The Morgan fingerprint density at radius 1 is 1.45 bits per heavy atom. The first-order chi connectivity index (χ1) is 9.24. The van der Waals surface area contributed by atoms with Gasteiger partial charge in [0, 0.05) is 18.6 Å². The average Bonchev–Trinajstić information content (AvgIpc) is 2.34. The van der Waals surface area contributed by atoms with Crippen LogP contribution in [-0.4, -0.2) is 28.1 Å². The SMILES string of the molecule is CC(C)(C)N(CCC(=O)O)Cc1ccc(F)c(C#N)c1. The van der Waals surface area contributed by atoms with E-state index in [0.717, 1.165) is 5.56 Å². The van der Waals surface area contributed by atoms with Crippen LogP contribution in [0.25, 0.3) is 0 Å². The third-order valence-electron chi connectivity index (χ3n) is 3.07. The molecule has 0 aliphatic rings. The Labute approximate surface area is 118 Å². The van der Waals surface area contributed by atoms with E-state index in [0.29, 0.717) is 13.1 Å². The number of halogens is 1. The molecule has 108 valence electrons. The summed E-state index contributed by atoms with van der Waals surface area (Å²) in [5, 5.41) is 17.6. The summed E-state index contributed by atoms with van der Waals surface area (Å²) in [6.45, 7) is 6.85. The van der Waals surface area contributed by atoms with Gasteiger partial charge in [-0.3, -0.25) is 9.69 Å². The predicted molar refractivity (Wildman–Crippen MR) is 73.5 cm³/mol. The van der Waals surface area contributed by atoms with E-state index in [4.69, 9.17) is 10.4 Å². The quantitative estimate of drug-likeness (QED) is 0.899. The molecule has 0 aliphatic heterocycles. The Morgan fingerprint density at radius 3 is 2.60 bits per heavy atom. The largest absolute Gasteiger partial charge is 0.481 e. The third-order valence-corrected chi connectivity index (χ3v) is 3.07. The molecule has 0 saturated heterocycles. The third kappa shape index (κ3) is 4.63. The van der Waals surface area contributed by atoms with Gasteiger partial charge in [0.15, 0.2) is 0 Å². The maximum Gasteiger partial charge on any atom is 0.304 e. The highest BCUT2D eigenvalue weighted by Crippen LogP contribution is 2.19.